The molecule has 0 aliphatic heterocycles. The van der Waals surface area contributed by atoms with E-state index in [1.165, 1.54) is 0 Å². The van der Waals surface area contributed by atoms with Crippen LogP contribution < -0.4 is 0 Å². The monoisotopic (exact) mass is 246 g/mol. The van der Waals surface area contributed by atoms with Gasteiger partial charge in [-0.1, -0.05) is 0 Å². The molecule has 0 aliphatic rings. The van der Waals surface area contributed by atoms with Crippen LogP contribution in [0.1, 0.15) is 0 Å². The van der Waals surface area contributed by atoms with E-state index in [4.69, 9.17) is 0 Å². The van der Waals surface area contributed by atoms with Gasteiger partial charge in [0.2, 0.25) is 0 Å². The van der Waals surface area contributed by atoms with E-state index in [1.807, 2.05) is 0 Å². The fourth-order valence-electron chi connectivity index (χ4n) is 0. The predicted octanol–water partition coefficient (Wildman–Crippen LogP) is 2.52. The van der Waals surface area contributed by atoms with Crippen molar-refractivity contribution in [1.29, 1.82) is 0 Å². The molecule has 0 bridgehead atoms. The van der Waals surface area contributed by atoms with Gasteiger partial charge >= 0.3 is 40.8 Å². The Bertz CT molecular complexity index is 62.7. The average molecular weight is 245 g/mol. The van der Waals surface area contributed by atoms with Crippen LogP contribution in [0.15, 0.2) is 0 Å². The van der Waals surface area contributed by atoms with Gasteiger partial charge in [-0.3, -0.25) is 0 Å². The van der Waals surface area contributed by atoms with Gasteiger partial charge in [0.05, 0.1) is 0 Å². The second-order valence-electron chi connectivity index (χ2n) is 0.758. The van der Waals surface area contributed by atoms with Gasteiger partial charge in [0, 0.05) is 0 Å². The second-order valence-corrected chi connectivity index (χ2v) is 5.08. The molecule has 0 atom stereocenters. The summed E-state index contributed by atoms with van der Waals surface area (Å²) >= 11 is -11.0. The first kappa shape index (κ1) is 8.15. The zero-order valence-electron chi connectivity index (χ0n) is 2.62. The van der Waals surface area contributed by atoms with E-state index >= 15 is 0 Å². The number of hydrogen-bond donors (Lipinski definition) is 0. The van der Waals surface area contributed by atoms with E-state index in [-0.39, 0.29) is 0 Å². The van der Waals surface area contributed by atoms with Gasteiger partial charge in [-0.25, -0.2) is 0 Å². The minimum atomic E-state index is -11.0. The summed E-state index contributed by atoms with van der Waals surface area (Å²) in [5.74, 6) is 0. The molecule has 0 spiro atoms. The normalized spacial score (nSPS) is 23.1. The number of hydrogen-bond acceptors (Lipinski definition) is 0. The Kier molecular flexibility index (Phi) is 1.21. The quantitative estimate of drug-likeness (QED) is 0.575. The zero-order chi connectivity index (χ0) is 6.41. The molecular formula is F6Xe. The number of rotatable bonds is 0. The first-order valence-corrected chi connectivity index (χ1v) is 5.38. The van der Waals surface area contributed by atoms with Crippen molar-refractivity contribution < 1.29 is 40.8 Å². The molecule has 0 N–H and O–H groups in total. The molecule has 0 unspecified atom stereocenters. The molecule has 0 aromatic heterocycles. The fourth-order valence-corrected chi connectivity index (χ4v) is 0. The first-order valence-electron chi connectivity index (χ1n) is 0.802. The molecule has 0 heterocycles. The summed E-state index contributed by atoms with van der Waals surface area (Å²) in [6, 6.07) is 0. The van der Waals surface area contributed by atoms with Crippen molar-refractivity contribution in [2.45, 2.75) is 0 Å². The third-order valence-corrected chi connectivity index (χ3v) is 0. The Morgan fingerprint density at radius 3 is 0.571 bits per heavy atom. The Hall–Kier alpha value is 1.15. The SMILES string of the molecule is F[Xe](F)(F)(F)(F)F. The Morgan fingerprint density at radius 2 is 0.571 bits per heavy atom. The van der Waals surface area contributed by atoms with E-state index in [9.17, 15) is 0.501 Å². The van der Waals surface area contributed by atoms with Crippen LogP contribution in [0, 0.1) is 40.3 Å². The van der Waals surface area contributed by atoms with Crippen LogP contribution in [0.4, 0.5) is 0.501 Å². The molecule has 0 aromatic carbocycles. The van der Waals surface area contributed by atoms with Gasteiger partial charge in [-0.05, 0) is 0 Å². The molecule has 0 saturated carbocycles. The maximum atomic E-state index is 9.90. The molecule has 50 valence electrons. The van der Waals surface area contributed by atoms with Crippen LogP contribution in [0.25, 0.3) is 0 Å². The van der Waals surface area contributed by atoms with Crippen LogP contribution in [0.2, 0.25) is 0 Å². The van der Waals surface area contributed by atoms with Crippen molar-refractivity contribution >= 4 is 0 Å². The molecule has 0 fully saturated rings. The summed E-state index contributed by atoms with van der Waals surface area (Å²) < 4.78 is 59.4. The molecule has 7 heteroatoms. The molecule has 0 rings (SSSR count). The first-order chi connectivity index (χ1) is 2.45. The third kappa shape index (κ3) is 143. The molecule has 0 aromatic rings. The van der Waals surface area contributed by atoms with Gasteiger partial charge < -0.3 is 0 Å². The van der Waals surface area contributed by atoms with E-state index in [0.717, 1.165) is 0 Å². The van der Waals surface area contributed by atoms with Crippen molar-refractivity contribution in [1.82, 2.24) is 0 Å². The van der Waals surface area contributed by atoms with Crippen molar-refractivity contribution in [3.8, 4) is 0 Å². The zero-order valence-corrected chi connectivity index (χ0v) is 4.64. The maximum absolute atomic E-state index is 11.0. The van der Waals surface area contributed by atoms with Crippen LogP contribution in [0.5, 0.6) is 0 Å². The number of halogens is 6. The van der Waals surface area contributed by atoms with Crippen molar-refractivity contribution in [2.24, 2.45) is 0 Å². The van der Waals surface area contributed by atoms with Gasteiger partial charge in [0.25, 0.3) is 0 Å². The Labute approximate surface area is 40.0 Å². The van der Waals surface area contributed by atoms with Crippen molar-refractivity contribution in [2.75, 3.05) is 0 Å². The second kappa shape index (κ2) is 1.04. The molecule has 0 aliphatic carbocycles. The van der Waals surface area contributed by atoms with Crippen LogP contribution in [-0.4, -0.2) is 0 Å². The van der Waals surface area contributed by atoms with Gasteiger partial charge in [0.15, 0.2) is 0 Å². The van der Waals surface area contributed by atoms with Crippen molar-refractivity contribution in [3.63, 3.8) is 0 Å². The van der Waals surface area contributed by atoms with Crippen LogP contribution >= 0.6 is 0 Å². The van der Waals surface area contributed by atoms with E-state index < -0.39 is 40.3 Å². The van der Waals surface area contributed by atoms with Crippen LogP contribution in [-0.2, 0) is 0 Å². The van der Waals surface area contributed by atoms with Crippen LogP contribution in [0.3, 0.4) is 0 Å². The topological polar surface area (TPSA) is 0 Å². The van der Waals surface area contributed by atoms with Crippen molar-refractivity contribution in [3.05, 3.63) is 0 Å². The standard InChI is InChI=1S/F6Xe/c1-7(2,3,4,5)6. The van der Waals surface area contributed by atoms with E-state index in [2.05, 4.69) is 0 Å². The molecule has 7 heavy (non-hydrogen) atoms. The Morgan fingerprint density at radius 1 is 0.571 bits per heavy atom. The average Bonchev–Trinajstić information content (AvgIpc) is 0.592. The van der Waals surface area contributed by atoms with E-state index in [1.54, 1.807) is 0 Å². The van der Waals surface area contributed by atoms with Gasteiger partial charge in [0.1, 0.15) is 0 Å². The van der Waals surface area contributed by atoms with E-state index in [0.29, 0.717) is 0 Å². The van der Waals surface area contributed by atoms with Gasteiger partial charge in [-0.15, -0.1) is 0 Å². The van der Waals surface area contributed by atoms with Gasteiger partial charge in [-0.2, -0.15) is 0 Å². The summed E-state index contributed by atoms with van der Waals surface area (Å²) in [5, 5.41) is 0. The summed E-state index contributed by atoms with van der Waals surface area (Å²) in [6.07, 6.45) is 0. The molecule has 0 radical (unpaired) electrons. The summed E-state index contributed by atoms with van der Waals surface area (Å²) in [4.78, 5) is 0. The fraction of sp³-hybridized carbons (Fsp3) is 0. The minimum absolute atomic E-state index is 9.90. The molecular weight excluding hydrogens is 245 g/mol. The molecule has 0 saturated heterocycles. The predicted molar refractivity (Wildman–Crippen MR) is 6.65 cm³/mol. The Balaban J connectivity index is 4.43. The summed E-state index contributed by atoms with van der Waals surface area (Å²) in [6.45, 7) is 0. The summed E-state index contributed by atoms with van der Waals surface area (Å²) in [5.41, 5.74) is 0. The molecule has 0 amide bonds. The molecule has 0 nitrogen and oxygen atoms in total. The third-order valence-electron chi connectivity index (χ3n) is 0. The summed E-state index contributed by atoms with van der Waals surface area (Å²) in [7, 11) is 0.